The number of hydrogen-bond donors (Lipinski definition) is 1. The molecular weight excluding hydrogens is 303 g/mol. The molecule has 1 aromatic rings. The molecule has 0 radical (unpaired) electrons. The van der Waals surface area contributed by atoms with Gasteiger partial charge in [0, 0.05) is 32.0 Å². The number of anilines is 1. The molecule has 1 unspecified atom stereocenters. The highest BCUT2D eigenvalue weighted by Crippen LogP contribution is 2.33. The second-order valence-electron chi connectivity index (χ2n) is 4.93. The smallest absolute Gasteiger partial charge is 0.231 e. The van der Waals surface area contributed by atoms with E-state index in [0.29, 0.717) is 17.2 Å². The van der Waals surface area contributed by atoms with Gasteiger partial charge >= 0.3 is 0 Å². The predicted octanol–water partition coefficient (Wildman–Crippen LogP) is 1.60. The standard InChI is InChI=1S/C15H19FN4O3/c1-19(2)9-17-14-11(16)8-20(15(21)18-14)10-5-6-12(22-3)13(7-10)23-4/h5-9,15,21H,1-4H3. The van der Waals surface area contributed by atoms with E-state index in [9.17, 15) is 9.50 Å². The molecule has 0 aliphatic carbocycles. The molecule has 1 N–H and O–H groups in total. The molecule has 7 nitrogen and oxygen atoms in total. The minimum atomic E-state index is -1.29. The zero-order valence-corrected chi connectivity index (χ0v) is 13.4. The van der Waals surface area contributed by atoms with E-state index in [1.807, 2.05) is 0 Å². The average molecular weight is 322 g/mol. The van der Waals surface area contributed by atoms with Crippen molar-refractivity contribution in [2.45, 2.75) is 6.35 Å². The maximum atomic E-state index is 14.1. The second kappa shape index (κ2) is 7.10. The summed E-state index contributed by atoms with van der Waals surface area (Å²) in [5.41, 5.74) is 0.504. The number of ether oxygens (including phenoxy) is 2. The van der Waals surface area contributed by atoms with Gasteiger partial charge in [0.05, 0.1) is 20.6 Å². The molecule has 1 heterocycles. The summed E-state index contributed by atoms with van der Waals surface area (Å²) in [5.74, 6) is 0.185. The Bertz CT molecular complexity index is 658. The summed E-state index contributed by atoms with van der Waals surface area (Å²) in [7, 11) is 6.52. The van der Waals surface area contributed by atoms with Crippen LogP contribution in [-0.4, -0.2) is 56.8 Å². The van der Waals surface area contributed by atoms with Crippen molar-refractivity contribution >= 4 is 17.9 Å². The number of rotatable bonds is 4. The number of nitrogens with zero attached hydrogens (tertiary/aromatic N) is 4. The minimum absolute atomic E-state index is 0.164. The fraction of sp³-hybridized carbons (Fsp3) is 0.333. The van der Waals surface area contributed by atoms with E-state index < -0.39 is 12.2 Å². The van der Waals surface area contributed by atoms with Crippen molar-refractivity contribution in [3.05, 3.63) is 30.2 Å². The lowest BCUT2D eigenvalue weighted by Gasteiger charge is -2.27. The van der Waals surface area contributed by atoms with Crippen LogP contribution in [-0.2, 0) is 0 Å². The summed E-state index contributed by atoms with van der Waals surface area (Å²) < 4.78 is 24.5. The summed E-state index contributed by atoms with van der Waals surface area (Å²) in [6, 6.07) is 4.95. The maximum absolute atomic E-state index is 14.1. The highest BCUT2D eigenvalue weighted by Gasteiger charge is 2.23. The SMILES string of the molecule is COc1ccc(N2C=C(F)C(N=CN(C)C)=NC2O)cc1OC. The van der Waals surface area contributed by atoms with Crippen LogP contribution in [0.2, 0.25) is 0 Å². The van der Waals surface area contributed by atoms with Gasteiger partial charge in [0.2, 0.25) is 6.35 Å². The Hall–Kier alpha value is -2.61. The van der Waals surface area contributed by atoms with Crippen LogP contribution in [0.1, 0.15) is 0 Å². The first-order valence-electron chi connectivity index (χ1n) is 6.80. The minimum Gasteiger partial charge on any atom is -0.493 e. The Kier molecular flexibility index (Phi) is 5.17. The first-order chi connectivity index (χ1) is 11.0. The first-order valence-corrected chi connectivity index (χ1v) is 6.80. The van der Waals surface area contributed by atoms with Crippen molar-refractivity contribution < 1.29 is 19.0 Å². The molecule has 2 rings (SSSR count). The molecule has 1 atom stereocenters. The lowest BCUT2D eigenvalue weighted by Crippen LogP contribution is -2.33. The summed E-state index contributed by atoms with van der Waals surface area (Å²) >= 11 is 0. The lowest BCUT2D eigenvalue weighted by atomic mass is 10.2. The molecule has 1 aromatic carbocycles. The second-order valence-corrected chi connectivity index (χ2v) is 4.93. The van der Waals surface area contributed by atoms with Gasteiger partial charge in [-0.15, -0.1) is 0 Å². The molecule has 0 saturated heterocycles. The van der Waals surface area contributed by atoms with Gasteiger partial charge in [0.25, 0.3) is 0 Å². The topological polar surface area (TPSA) is 69.9 Å². The van der Waals surface area contributed by atoms with Gasteiger partial charge in [-0.25, -0.2) is 14.4 Å². The molecule has 124 valence electrons. The van der Waals surface area contributed by atoms with Gasteiger partial charge in [-0.2, -0.15) is 0 Å². The van der Waals surface area contributed by atoms with Crippen molar-refractivity contribution in [1.29, 1.82) is 0 Å². The quantitative estimate of drug-likeness (QED) is 0.673. The van der Waals surface area contributed by atoms with Gasteiger partial charge in [-0.1, -0.05) is 0 Å². The van der Waals surface area contributed by atoms with E-state index >= 15 is 0 Å². The van der Waals surface area contributed by atoms with Crippen LogP contribution >= 0.6 is 0 Å². The largest absolute Gasteiger partial charge is 0.493 e. The van der Waals surface area contributed by atoms with Crippen molar-refractivity contribution in [2.75, 3.05) is 33.2 Å². The van der Waals surface area contributed by atoms with Gasteiger partial charge in [-0.3, -0.25) is 0 Å². The third kappa shape index (κ3) is 3.78. The number of benzene rings is 1. The molecule has 0 bridgehead atoms. The molecular formula is C15H19FN4O3. The van der Waals surface area contributed by atoms with Crippen LogP contribution in [0.5, 0.6) is 11.5 Å². The van der Waals surface area contributed by atoms with Crippen LogP contribution in [0.25, 0.3) is 0 Å². The molecule has 0 fully saturated rings. The van der Waals surface area contributed by atoms with E-state index in [4.69, 9.17) is 9.47 Å². The van der Waals surface area contributed by atoms with Crippen molar-refractivity contribution in [3.63, 3.8) is 0 Å². The zero-order valence-electron chi connectivity index (χ0n) is 13.4. The van der Waals surface area contributed by atoms with E-state index in [2.05, 4.69) is 9.98 Å². The monoisotopic (exact) mass is 322 g/mol. The number of aliphatic imine (C=N–C) groups is 2. The third-order valence-corrected chi connectivity index (χ3v) is 3.03. The van der Waals surface area contributed by atoms with E-state index in [1.165, 1.54) is 25.5 Å². The predicted molar refractivity (Wildman–Crippen MR) is 86.8 cm³/mol. The number of methoxy groups -OCH3 is 2. The summed E-state index contributed by atoms with van der Waals surface area (Å²) in [5, 5.41) is 10.1. The highest BCUT2D eigenvalue weighted by atomic mass is 19.1. The normalized spacial score (nSPS) is 17.8. The maximum Gasteiger partial charge on any atom is 0.231 e. The Morgan fingerprint density at radius 2 is 2.00 bits per heavy atom. The van der Waals surface area contributed by atoms with Crippen LogP contribution < -0.4 is 14.4 Å². The van der Waals surface area contributed by atoms with Gasteiger partial charge in [-0.05, 0) is 12.1 Å². The molecule has 8 heteroatoms. The third-order valence-electron chi connectivity index (χ3n) is 3.03. The number of amidine groups is 1. The zero-order chi connectivity index (χ0) is 17.0. The van der Waals surface area contributed by atoms with Gasteiger partial charge in [0.1, 0.15) is 0 Å². The van der Waals surface area contributed by atoms with Gasteiger partial charge < -0.3 is 24.4 Å². The summed E-state index contributed by atoms with van der Waals surface area (Å²) in [6.07, 6.45) is 1.26. The van der Waals surface area contributed by atoms with Crippen molar-refractivity contribution in [2.24, 2.45) is 9.98 Å². The molecule has 23 heavy (non-hydrogen) atoms. The molecule has 0 spiro atoms. The Balaban J connectivity index is 2.29. The average Bonchev–Trinajstić information content (AvgIpc) is 2.54. The van der Waals surface area contributed by atoms with Crippen molar-refractivity contribution in [3.8, 4) is 11.5 Å². The summed E-state index contributed by atoms with van der Waals surface area (Å²) in [6.45, 7) is 0. The highest BCUT2D eigenvalue weighted by molar-refractivity contribution is 6.01. The fourth-order valence-electron chi connectivity index (χ4n) is 1.94. The first kappa shape index (κ1) is 16.8. The Morgan fingerprint density at radius 3 is 2.61 bits per heavy atom. The number of aliphatic hydroxyl groups excluding tert-OH is 1. The Labute approximate surface area is 134 Å². The van der Waals surface area contributed by atoms with E-state index in [-0.39, 0.29) is 5.84 Å². The Morgan fingerprint density at radius 1 is 1.30 bits per heavy atom. The van der Waals surface area contributed by atoms with Crippen LogP contribution in [0.15, 0.2) is 40.2 Å². The fourth-order valence-corrected chi connectivity index (χ4v) is 1.94. The molecule has 1 aliphatic heterocycles. The van der Waals surface area contributed by atoms with Crippen LogP contribution in [0.4, 0.5) is 10.1 Å². The molecule has 0 amide bonds. The van der Waals surface area contributed by atoms with E-state index in [1.54, 1.807) is 37.2 Å². The number of aliphatic hydroxyl groups is 1. The lowest BCUT2D eigenvalue weighted by molar-refractivity contribution is 0.186. The van der Waals surface area contributed by atoms with Gasteiger partial charge in [0.15, 0.2) is 23.2 Å². The van der Waals surface area contributed by atoms with Crippen molar-refractivity contribution in [1.82, 2.24) is 4.90 Å². The van der Waals surface area contributed by atoms with Crippen LogP contribution in [0, 0.1) is 0 Å². The molecule has 1 aliphatic rings. The molecule has 0 aromatic heterocycles. The number of hydrogen-bond acceptors (Lipinski definition) is 6. The van der Waals surface area contributed by atoms with Crippen LogP contribution in [0.3, 0.4) is 0 Å². The van der Waals surface area contributed by atoms with E-state index in [0.717, 1.165) is 6.20 Å². The summed E-state index contributed by atoms with van der Waals surface area (Å²) in [4.78, 5) is 10.6. The molecule has 0 saturated carbocycles. The number of halogens is 1.